The first-order valence-corrected chi connectivity index (χ1v) is 13.0. The monoisotopic (exact) mass is 478 g/mol. The van der Waals surface area contributed by atoms with E-state index in [1.54, 1.807) is 33.7 Å². The van der Waals surface area contributed by atoms with Crippen LogP contribution in [0.2, 0.25) is 0 Å². The number of carbonyl (C=O) groups excluding carboxylic acids is 3. The van der Waals surface area contributed by atoms with Gasteiger partial charge in [-0.1, -0.05) is 32.4 Å². The van der Waals surface area contributed by atoms with Crippen LogP contribution >= 0.6 is 11.8 Å². The Morgan fingerprint density at radius 1 is 1.33 bits per heavy atom. The summed E-state index contributed by atoms with van der Waals surface area (Å²) in [5.41, 5.74) is 0. The summed E-state index contributed by atoms with van der Waals surface area (Å²) in [4.78, 5) is 44.3. The molecule has 0 aromatic heterocycles. The van der Waals surface area contributed by atoms with Crippen molar-refractivity contribution in [1.29, 1.82) is 0 Å². The normalized spacial score (nSPS) is 32.0. The molecule has 3 aliphatic heterocycles. The van der Waals surface area contributed by atoms with Crippen molar-refractivity contribution in [2.75, 3.05) is 32.8 Å². The molecule has 0 aromatic carbocycles. The molecule has 1 N–H and O–H groups in total. The number of aliphatic hydroxyl groups is 1. The molecule has 1 spiro atoms. The molecule has 3 heterocycles. The van der Waals surface area contributed by atoms with E-state index in [-0.39, 0.29) is 42.2 Å². The van der Waals surface area contributed by atoms with Crippen molar-refractivity contribution in [3.63, 3.8) is 0 Å². The fraction of sp³-hybridized carbons (Fsp3) is 0.720. The molecule has 0 saturated carbocycles. The van der Waals surface area contributed by atoms with Gasteiger partial charge in [-0.15, -0.1) is 24.9 Å². The highest BCUT2D eigenvalue weighted by Crippen LogP contribution is 2.68. The summed E-state index contributed by atoms with van der Waals surface area (Å²) in [5, 5.41) is 9.43. The number of amides is 2. The number of unbranched alkanes of at least 4 members (excludes halogenated alkanes) is 1. The van der Waals surface area contributed by atoms with E-state index in [0.717, 1.165) is 19.3 Å². The molecule has 3 saturated heterocycles. The van der Waals surface area contributed by atoms with Crippen molar-refractivity contribution in [2.45, 2.75) is 62.0 Å². The van der Waals surface area contributed by atoms with E-state index in [9.17, 15) is 19.5 Å². The van der Waals surface area contributed by atoms with E-state index in [1.807, 2.05) is 0 Å². The lowest BCUT2D eigenvalue weighted by Gasteiger charge is -2.40. The minimum atomic E-state index is -0.651. The van der Waals surface area contributed by atoms with Gasteiger partial charge in [-0.25, -0.2) is 0 Å². The van der Waals surface area contributed by atoms with Crippen LogP contribution in [0, 0.1) is 17.8 Å². The Morgan fingerprint density at radius 3 is 2.73 bits per heavy atom. The Labute approximate surface area is 201 Å². The number of hydrogen-bond donors (Lipinski definition) is 1. The summed E-state index contributed by atoms with van der Waals surface area (Å²) >= 11 is 1.65. The van der Waals surface area contributed by atoms with Gasteiger partial charge >= 0.3 is 5.97 Å². The number of ether oxygens (including phenoxy) is 1. The second-order valence-electron chi connectivity index (χ2n) is 9.33. The molecule has 3 rings (SSSR count). The van der Waals surface area contributed by atoms with E-state index in [4.69, 9.17) is 4.74 Å². The molecule has 2 amide bonds. The van der Waals surface area contributed by atoms with Crippen LogP contribution in [0.25, 0.3) is 0 Å². The topological polar surface area (TPSA) is 87.1 Å². The predicted octanol–water partition coefficient (Wildman–Crippen LogP) is 2.64. The van der Waals surface area contributed by atoms with Crippen LogP contribution in [0.15, 0.2) is 25.3 Å². The van der Waals surface area contributed by atoms with Crippen molar-refractivity contribution < 1.29 is 24.2 Å². The molecule has 2 bridgehead atoms. The Bertz CT molecular complexity index is 774. The molecule has 3 fully saturated rings. The minimum absolute atomic E-state index is 0.0241. The smallest absolute Gasteiger partial charge is 0.310 e. The lowest BCUT2D eigenvalue weighted by atomic mass is 9.66. The van der Waals surface area contributed by atoms with Crippen LogP contribution in [-0.2, 0) is 19.1 Å². The highest BCUT2D eigenvalue weighted by atomic mass is 32.2. The highest BCUT2D eigenvalue weighted by molar-refractivity contribution is 8.02. The van der Waals surface area contributed by atoms with Gasteiger partial charge in [0, 0.05) is 31.5 Å². The van der Waals surface area contributed by atoms with Gasteiger partial charge in [0.2, 0.25) is 11.8 Å². The van der Waals surface area contributed by atoms with Crippen LogP contribution in [0.5, 0.6) is 0 Å². The van der Waals surface area contributed by atoms with Gasteiger partial charge in [-0.2, -0.15) is 0 Å². The first-order chi connectivity index (χ1) is 15.9. The summed E-state index contributed by atoms with van der Waals surface area (Å²) in [6, 6.07) is -0.644. The largest absolute Gasteiger partial charge is 0.465 e. The van der Waals surface area contributed by atoms with Crippen LogP contribution in [0.4, 0.5) is 0 Å². The number of likely N-dealkylation sites (tertiary alicyclic amines) is 1. The third-order valence-electron chi connectivity index (χ3n) is 7.32. The Hall–Kier alpha value is -1.80. The van der Waals surface area contributed by atoms with Crippen molar-refractivity contribution in [2.24, 2.45) is 17.8 Å². The number of hydrogen-bond acceptors (Lipinski definition) is 6. The lowest BCUT2D eigenvalue weighted by molar-refractivity contribution is -0.154. The standard InChI is InChI=1S/C25H38N2O5S/c1-5-8-12-26(11-7-3)23(30)21-25-17(4)16-18(33-25)19(24(31)32-15-9-6-2)20(25)22(29)27(21)13-10-14-28/h6-7,17-21,28H,2-3,5,8-16H2,1,4H3/t17?,18-,19+,20+,21?,25?/m1/s1. The number of esters is 1. The number of fused-ring (bicyclic) bond motifs is 1. The van der Waals surface area contributed by atoms with Gasteiger partial charge in [0.25, 0.3) is 0 Å². The van der Waals surface area contributed by atoms with E-state index >= 15 is 0 Å². The molecule has 184 valence electrons. The number of carbonyl (C=O) groups is 3. The molecule has 3 unspecified atom stereocenters. The Kier molecular flexibility index (Phi) is 8.67. The van der Waals surface area contributed by atoms with Crippen LogP contribution < -0.4 is 0 Å². The second kappa shape index (κ2) is 11.1. The zero-order valence-electron chi connectivity index (χ0n) is 19.9. The maximum atomic E-state index is 14.0. The molecule has 33 heavy (non-hydrogen) atoms. The summed E-state index contributed by atoms with van der Waals surface area (Å²) < 4.78 is 4.87. The number of aliphatic hydroxyl groups excluding tert-OH is 1. The number of thioether (sulfide) groups is 1. The summed E-state index contributed by atoms with van der Waals surface area (Å²) in [6.07, 6.45) is 6.99. The maximum Gasteiger partial charge on any atom is 0.310 e. The van der Waals surface area contributed by atoms with Crippen molar-refractivity contribution >= 4 is 29.5 Å². The van der Waals surface area contributed by atoms with E-state index in [1.165, 1.54) is 0 Å². The first kappa shape index (κ1) is 25.8. The lowest BCUT2D eigenvalue weighted by Crippen LogP contribution is -2.57. The van der Waals surface area contributed by atoms with Crippen LogP contribution in [-0.4, -0.2) is 81.6 Å². The van der Waals surface area contributed by atoms with Crippen LogP contribution in [0.3, 0.4) is 0 Å². The average molecular weight is 479 g/mol. The fourth-order valence-corrected chi connectivity index (χ4v) is 8.26. The third kappa shape index (κ3) is 4.48. The second-order valence-corrected chi connectivity index (χ2v) is 10.9. The van der Waals surface area contributed by atoms with E-state index in [0.29, 0.717) is 32.5 Å². The van der Waals surface area contributed by atoms with Gasteiger partial charge in [-0.05, 0) is 31.6 Å². The van der Waals surface area contributed by atoms with Gasteiger partial charge in [-0.3, -0.25) is 14.4 Å². The Balaban J connectivity index is 1.98. The third-order valence-corrected chi connectivity index (χ3v) is 9.39. The van der Waals surface area contributed by atoms with Gasteiger partial charge in [0.15, 0.2) is 0 Å². The molecular weight excluding hydrogens is 440 g/mol. The first-order valence-electron chi connectivity index (χ1n) is 12.1. The van der Waals surface area contributed by atoms with Gasteiger partial charge in [0.1, 0.15) is 6.04 Å². The van der Waals surface area contributed by atoms with Crippen molar-refractivity contribution in [1.82, 2.24) is 9.80 Å². The summed E-state index contributed by atoms with van der Waals surface area (Å²) in [6.45, 7) is 13.2. The molecular formula is C25H38N2O5S. The molecule has 0 radical (unpaired) electrons. The zero-order chi connectivity index (χ0) is 24.2. The average Bonchev–Trinajstić information content (AvgIpc) is 3.38. The van der Waals surface area contributed by atoms with Crippen molar-refractivity contribution in [3.05, 3.63) is 25.3 Å². The van der Waals surface area contributed by atoms with E-state index < -0.39 is 22.6 Å². The zero-order valence-corrected chi connectivity index (χ0v) is 20.7. The molecule has 3 aliphatic rings. The fourth-order valence-electron chi connectivity index (χ4n) is 5.86. The van der Waals surface area contributed by atoms with E-state index in [2.05, 4.69) is 27.0 Å². The molecule has 6 atom stereocenters. The minimum Gasteiger partial charge on any atom is -0.465 e. The molecule has 8 heteroatoms. The molecule has 7 nitrogen and oxygen atoms in total. The van der Waals surface area contributed by atoms with Crippen molar-refractivity contribution in [3.8, 4) is 0 Å². The van der Waals surface area contributed by atoms with Gasteiger partial charge < -0.3 is 19.6 Å². The molecule has 0 aromatic rings. The molecule has 0 aliphatic carbocycles. The van der Waals surface area contributed by atoms with Gasteiger partial charge in [0.05, 0.1) is 23.2 Å². The SMILES string of the molecule is C=CCCOC(=O)[C@@H]1[C@H]2C(=O)N(CCCO)C(C(=O)N(CC=C)CCCC)C23S[C@@H]1CC3C. The maximum absolute atomic E-state index is 14.0. The predicted molar refractivity (Wildman–Crippen MR) is 130 cm³/mol. The highest BCUT2D eigenvalue weighted by Gasteiger charge is 2.76. The quantitative estimate of drug-likeness (QED) is 0.249. The van der Waals surface area contributed by atoms with Crippen LogP contribution in [0.1, 0.15) is 46.0 Å². The summed E-state index contributed by atoms with van der Waals surface area (Å²) in [7, 11) is 0. The number of nitrogens with zero attached hydrogens (tertiary/aromatic N) is 2. The number of rotatable bonds is 13. The Morgan fingerprint density at radius 2 is 2.09 bits per heavy atom. The summed E-state index contributed by atoms with van der Waals surface area (Å²) in [5.74, 6) is -1.56.